The van der Waals surface area contributed by atoms with Crippen molar-refractivity contribution in [3.05, 3.63) is 46.2 Å². The maximum atomic E-state index is 12.6. The Hall–Kier alpha value is -2.01. The van der Waals surface area contributed by atoms with E-state index in [0.717, 1.165) is 30.0 Å². The minimum Gasteiger partial charge on any atom is -0.496 e. The van der Waals surface area contributed by atoms with Crippen molar-refractivity contribution >= 4 is 22.9 Å². The van der Waals surface area contributed by atoms with E-state index in [2.05, 4.69) is 6.92 Å². The molecule has 2 N–H and O–H groups in total. The van der Waals surface area contributed by atoms with E-state index in [4.69, 9.17) is 10.5 Å². The minimum atomic E-state index is 0.0435. The summed E-state index contributed by atoms with van der Waals surface area (Å²) >= 11 is 1.41. The lowest BCUT2D eigenvalue weighted by Gasteiger charge is -2.21. The summed E-state index contributed by atoms with van der Waals surface area (Å²) in [6.45, 7) is 3.38. The van der Waals surface area contributed by atoms with Gasteiger partial charge in [-0.2, -0.15) is 0 Å². The first-order valence-corrected chi connectivity index (χ1v) is 7.78. The average molecular weight is 304 g/mol. The van der Waals surface area contributed by atoms with Crippen LogP contribution in [0.25, 0.3) is 0 Å². The summed E-state index contributed by atoms with van der Waals surface area (Å²) in [5, 5.41) is 1.85. The monoisotopic (exact) mass is 304 g/mol. The number of thiophene rings is 1. The number of carbonyl (C=O) groups is 1. The van der Waals surface area contributed by atoms with E-state index in [1.807, 2.05) is 34.5 Å². The van der Waals surface area contributed by atoms with Gasteiger partial charge in [-0.1, -0.05) is 19.1 Å². The second kappa shape index (κ2) is 7.13. The first-order valence-electron chi connectivity index (χ1n) is 6.90. The Bertz CT molecular complexity index is 593. The molecular weight excluding hydrogens is 284 g/mol. The average Bonchev–Trinajstić information content (AvgIpc) is 2.97. The highest BCUT2D eigenvalue weighted by atomic mass is 32.1. The molecule has 0 spiro atoms. The number of nitrogens with two attached hydrogens (primary N) is 1. The molecule has 1 heterocycles. The van der Waals surface area contributed by atoms with E-state index in [1.54, 1.807) is 13.2 Å². The van der Waals surface area contributed by atoms with Gasteiger partial charge in [0.05, 0.1) is 12.0 Å². The topological polar surface area (TPSA) is 55.6 Å². The highest BCUT2D eigenvalue weighted by molar-refractivity contribution is 7.12. The Labute approximate surface area is 129 Å². The Morgan fingerprint density at radius 2 is 2.05 bits per heavy atom. The fraction of sp³-hybridized carbons (Fsp3) is 0.312. The molecule has 112 valence electrons. The first-order chi connectivity index (χ1) is 10.1. The summed E-state index contributed by atoms with van der Waals surface area (Å²) in [7, 11) is 1.61. The number of benzene rings is 1. The molecule has 4 nitrogen and oxygen atoms in total. The zero-order valence-electron chi connectivity index (χ0n) is 12.3. The molecule has 0 bridgehead atoms. The van der Waals surface area contributed by atoms with Crippen molar-refractivity contribution in [2.45, 2.75) is 19.9 Å². The summed E-state index contributed by atoms with van der Waals surface area (Å²) in [5.41, 5.74) is 7.50. The number of nitrogen functional groups attached to an aromatic ring is 1. The molecule has 2 rings (SSSR count). The Morgan fingerprint density at radius 1 is 1.33 bits per heavy atom. The van der Waals surface area contributed by atoms with Crippen molar-refractivity contribution in [2.75, 3.05) is 19.4 Å². The Kier molecular flexibility index (Phi) is 5.22. The highest BCUT2D eigenvalue weighted by Crippen LogP contribution is 2.23. The van der Waals surface area contributed by atoms with Gasteiger partial charge in [0.15, 0.2) is 0 Å². The van der Waals surface area contributed by atoms with Crippen molar-refractivity contribution in [2.24, 2.45) is 0 Å². The minimum absolute atomic E-state index is 0.0435. The lowest BCUT2D eigenvalue weighted by atomic mass is 10.2. The Balaban J connectivity index is 2.13. The third kappa shape index (κ3) is 3.98. The molecule has 0 aliphatic heterocycles. The molecule has 0 unspecified atom stereocenters. The van der Waals surface area contributed by atoms with E-state index in [-0.39, 0.29) is 5.91 Å². The molecular formula is C16H20N2O2S. The van der Waals surface area contributed by atoms with E-state index >= 15 is 0 Å². The molecule has 1 aromatic heterocycles. The largest absolute Gasteiger partial charge is 0.496 e. The number of rotatable bonds is 6. The fourth-order valence-electron chi connectivity index (χ4n) is 2.06. The second-order valence-corrected chi connectivity index (χ2v) is 5.73. The van der Waals surface area contributed by atoms with Gasteiger partial charge in [-0.15, -0.1) is 11.3 Å². The van der Waals surface area contributed by atoms with Crippen LogP contribution in [0.1, 0.15) is 28.6 Å². The van der Waals surface area contributed by atoms with E-state index in [9.17, 15) is 4.79 Å². The third-order valence-corrected chi connectivity index (χ3v) is 4.05. The smallest absolute Gasteiger partial charge is 0.264 e. The van der Waals surface area contributed by atoms with Crippen LogP contribution in [-0.2, 0) is 6.54 Å². The van der Waals surface area contributed by atoms with Gasteiger partial charge < -0.3 is 15.4 Å². The van der Waals surface area contributed by atoms with Crippen LogP contribution < -0.4 is 10.5 Å². The van der Waals surface area contributed by atoms with E-state index in [0.29, 0.717) is 11.4 Å². The van der Waals surface area contributed by atoms with Crippen molar-refractivity contribution in [3.63, 3.8) is 0 Å². The molecule has 0 radical (unpaired) electrons. The molecule has 21 heavy (non-hydrogen) atoms. The molecule has 2 aromatic rings. The number of hydrogen-bond acceptors (Lipinski definition) is 4. The second-order valence-electron chi connectivity index (χ2n) is 4.82. The SMILES string of the molecule is CCCN(Cc1ccc(N)cc1)C(=O)c1cc(OC)cs1. The number of ether oxygens (including phenoxy) is 1. The van der Waals surface area contributed by atoms with Gasteiger partial charge in [0, 0.05) is 30.2 Å². The van der Waals surface area contributed by atoms with Crippen molar-refractivity contribution in [1.29, 1.82) is 0 Å². The van der Waals surface area contributed by atoms with Crippen LogP contribution in [0.4, 0.5) is 5.69 Å². The van der Waals surface area contributed by atoms with Crippen molar-refractivity contribution in [3.8, 4) is 5.75 Å². The molecule has 0 atom stereocenters. The Morgan fingerprint density at radius 3 is 2.62 bits per heavy atom. The van der Waals surface area contributed by atoms with Gasteiger partial charge >= 0.3 is 0 Å². The van der Waals surface area contributed by atoms with Crippen LogP contribution in [-0.4, -0.2) is 24.5 Å². The van der Waals surface area contributed by atoms with Gasteiger partial charge in [-0.05, 0) is 24.1 Å². The van der Waals surface area contributed by atoms with Crippen LogP contribution in [0.15, 0.2) is 35.7 Å². The lowest BCUT2D eigenvalue weighted by molar-refractivity contribution is 0.0748. The summed E-state index contributed by atoms with van der Waals surface area (Å²) in [6, 6.07) is 9.43. The lowest BCUT2D eigenvalue weighted by Crippen LogP contribution is -2.30. The van der Waals surface area contributed by atoms with Crippen LogP contribution in [0.5, 0.6) is 5.75 Å². The van der Waals surface area contributed by atoms with Crippen LogP contribution in [0.3, 0.4) is 0 Å². The normalized spacial score (nSPS) is 10.4. The van der Waals surface area contributed by atoms with Gasteiger partial charge in [0.1, 0.15) is 5.75 Å². The number of methoxy groups -OCH3 is 1. The predicted molar refractivity (Wildman–Crippen MR) is 86.8 cm³/mol. The standard InChI is InChI=1S/C16H20N2O2S/c1-3-8-18(10-12-4-6-13(17)7-5-12)16(19)15-9-14(20-2)11-21-15/h4-7,9,11H,3,8,10,17H2,1-2H3. The van der Waals surface area contributed by atoms with Crippen molar-refractivity contribution in [1.82, 2.24) is 4.90 Å². The number of amides is 1. The molecule has 0 fully saturated rings. The summed E-state index contributed by atoms with van der Waals surface area (Å²) in [6.07, 6.45) is 0.920. The summed E-state index contributed by atoms with van der Waals surface area (Å²) in [5.74, 6) is 0.772. The van der Waals surface area contributed by atoms with Gasteiger partial charge in [0.25, 0.3) is 5.91 Å². The van der Waals surface area contributed by atoms with Gasteiger partial charge in [-0.3, -0.25) is 4.79 Å². The van der Waals surface area contributed by atoms with E-state index in [1.165, 1.54) is 11.3 Å². The molecule has 1 amide bonds. The summed E-state index contributed by atoms with van der Waals surface area (Å²) in [4.78, 5) is 15.2. The highest BCUT2D eigenvalue weighted by Gasteiger charge is 2.17. The fourth-order valence-corrected chi connectivity index (χ4v) is 2.88. The molecule has 5 heteroatoms. The quantitative estimate of drug-likeness (QED) is 0.832. The maximum absolute atomic E-state index is 12.6. The molecule has 0 saturated heterocycles. The molecule has 1 aromatic carbocycles. The molecule has 0 aliphatic carbocycles. The maximum Gasteiger partial charge on any atom is 0.264 e. The third-order valence-electron chi connectivity index (χ3n) is 3.16. The van der Waals surface area contributed by atoms with Crippen LogP contribution >= 0.6 is 11.3 Å². The first kappa shape index (κ1) is 15.4. The number of anilines is 1. The van der Waals surface area contributed by atoms with Crippen LogP contribution in [0.2, 0.25) is 0 Å². The zero-order valence-corrected chi connectivity index (χ0v) is 13.2. The summed E-state index contributed by atoms with van der Waals surface area (Å²) < 4.78 is 5.14. The number of nitrogens with zero attached hydrogens (tertiary/aromatic N) is 1. The molecule has 0 aliphatic rings. The van der Waals surface area contributed by atoms with E-state index < -0.39 is 0 Å². The van der Waals surface area contributed by atoms with Crippen molar-refractivity contribution < 1.29 is 9.53 Å². The number of hydrogen-bond donors (Lipinski definition) is 1. The molecule has 0 saturated carbocycles. The zero-order chi connectivity index (χ0) is 15.2. The van der Waals surface area contributed by atoms with Gasteiger partial charge in [-0.25, -0.2) is 0 Å². The predicted octanol–water partition coefficient (Wildman–Crippen LogP) is 3.39. The van der Waals surface area contributed by atoms with Crippen LogP contribution in [0, 0.1) is 0 Å². The number of carbonyl (C=O) groups excluding carboxylic acids is 1. The van der Waals surface area contributed by atoms with Gasteiger partial charge in [0.2, 0.25) is 0 Å².